The second-order valence-electron chi connectivity index (χ2n) is 6.47. The number of benzene rings is 2. The van der Waals surface area contributed by atoms with Gasteiger partial charge in [-0.2, -0.15) is 0 Å². The fraction of sp³-hybridized carbons (Fsp3) is 0.182. The van der Waals surface area contributed by atoms with E-state index in [1.165, 1.54) is 0 Å². The van der Waals surface area contributed by atoms with Crippen molar-refractivity contribution in [2.24, 2.45) is 0 Å². The number of amides is 1. The van der Waals surface area contributed by atoms with Gasteiger partial charge in [0.25, 0.3) is 5.91 Å². The molecule has 138 valence electrons. The summed E-state index contributed by atoms with van der Waals surface area (Å²) in [4.78, 5) is 16.7. The van der Waals surface area contributed by atoms with Gasteiger partial charge < -0.3 is 5.32 Å². The fourth-order valence-corrected chi connectivity index (χ4v) is 3.30. The van der Waals surface area contributed by atoms with Gasteiger partial charge in [0.15, 0.2) is 0 Å². The lowest BCUT2D eigenvalue weighted by molar-refractivity contribution is 0.0929. The maximum atomic E-state index is 12.5. The van der Waals surface area contributed by atoms with Gasteiger partial charge in [-0.05, 0) is 60.9 Å². The number of pyridine rings is 1. The molecule has 3 rings (SSSR count). The highest BCUT2D eigenvalue weighted by Gasteiger charge is 2.22. The Balaban J connectivity index is 1.82. The number of aromatic nitrogens is 1. The number of nitrogens with one attached hydrogen (secondary N) is 1. The quantitative estimate of drug-likeness (QED) is 0.592. The van der Waals surface area contributed by atoms with Crippen molar-refractivity contribution >= 4 is 29.1 Å². The Labute approximate surface area is 169 Å². The summed E-state index contributed by atoms with van der Waals surface area (Å²) in [7, 11) is 0. The molecular formula is C22H20Cl2N2O. The minimum Gasteiger partial charge on any atom is -0.348 e. The predicted molar refractivity (Wildman–Crippen MR) is 111 cm³/mol. The molecule has 2 aromatic carbocycles. The second kappa shape index (κ2) is 9.03. The van der Waals surface area contributed by atoms with Crippen molar-refractivity contribution in [2.45, 2.75) is 25.3 Å². The van der Waals surface area contributed by atoms with Crippen LogP contribution in [-0.4, -0.2) is 16.9 Å². The van der Waals surface area contributed by atoms with Crippen LogP contribution in [0.25, 0.3) is 0 Å². The van der Waals surface area contributed by atoms with E-state index in [4.69, 9.17) is 23.2 Å². The third kappa shape index (κ3) is 5.31. The molecule has 0 aliphatic heterocycles. The summed E-state index contributed by atoms with van der Waals surface area (Å²) in [5.41, 5.74) is 2.67. The van der Waals surface area contributed by atoms with Gasteiger partial charge in [-0.15, -0.1) is 0 Å². The third-order valence-corrected chi connectivity index (χ3v) is 5.03. The van der Waals surface area contributed by atoms with E-state index in [1.54, 1.807) is 24.4 Å². The highest BCUT2D eigenvalue weighted by atomic mass is 35.5. The van der Waals surface area contributed by atoms with Crippen LogP contribution in [0.15, 0.2) is 72.9 Å². The summed E-state index contributed by atoms with van der Waals surface area (Å²) in [5.74, 6) is -0.103. The van der Waals surface area contributed by atoms with Crippen LogP contribution >= 0.6 is 23.2 Å². The largest absolute Gasteiger partial charge is 0.348 e. The summed E-state index contributed by atoms with van der Waals surface area (Å²) in [5, 5.41) is 4.48. The molecule has 2 atom stereocenters. The Kier molecular flexibility index (Phi) is 6.49. The molecular weight excluding hydrogens is 379 g/mol. The van der Waals surface area contributed by atoms with E-state index in [9.17, 15) is 4.79 Å². The molecule has 0 saturated heterocycles. The van der Waals surface area contributed by atoms with Crippen LogP contribution < -0.4 is 5.32 Å². The summed E-state index contributed by atoms with van der Waals surface area (Å²) in [6.45, 7) is 2.01. The Hall–Kier alpha value is -2.36. The van der Waals surface area contributed by atoms with Crippen LogP contribution in [0.2, 0.25) is 10.0 Å². The molecule has 27 heavy (non-hydrogen) atoms. The number of rotatable bonds is 6. The lowest BCUT2D eigenvalue weighted by Gasteiger charge is -2.26. The zero-order chi connectivity index (χ0) is 19.2. The van der Waals surface area contributed by atoms with Crippen molar-refractivity contribution in [2.75, 3.05) is 0 Å². The molecule has 1 aromatic heterocycles. The third-order valence-electron chi connectivity index (χ3n) is 4.53. The van der Waals surface area contributed by atoms with Crippen LogP contribution in [0, 0.1) is 0 Å². The molecule has 1 N–H and O–H groups in total. The van der Waals surface area contributed by atoms with Gasteiger partial charge in [0.2, 0.25) is 0 Å². The van der Waals surface area contributed by atoms with Gasteiger partial charge in [-0.3, -0.25) is 9.78 Å². The monoisotopic (exact) mass is 398 g/mol. The first-order chi connectivity index (χ1) is 13.0. The fourth-order valence-electron chi connectivity index (χ4n) is 3.05. The Bertz CT molecular complexity index is 880. The Morgan fingerprint density at radius 1 is 0.963 bits per heavy atom. The van der Waals surface area contributed by atoms with Gasteiger partial charge >= 0.3 is 0 Å². The summed E-state index contributed by atoms with van der Waals surface area (Å²) >= 11 is 12.0. The molecule has 5 heteroatoms. The van der Waals surface area contributed by atoms with Gasteiger partial charge in [-0.25, -0.2) is 0 Å². The number of hydrogen-bond acceptors (Lipinski definition) is 2. The van der Waals surface area contributed by atoms with E-state index >= 15 is 0 Å². The highest BCUT2D eigenvalue weighted by molar-refractivity contribution is 6.30. The van der Waals surface area contributed by atoms with Crippen molar-refractivity contribution in [3.05, 3.63) is 99.8 Å². The standard InChI is InChI=1S/C22H20Cl2N2O/c1-15(26-22(27)21-4-2-3-13-25-21)20(17-7-11-19(24)12-8-17)14-16-5-9-18(23)10-6-16/h2-13,15,20H,14H2,1H3,(H,26,27). The predicted octanol–water partition coefficient (Wildman–Crippen LogP) is 5.53. The molecule has 0 aliphatic rings. The topological polar surface area (TPSA) is 42.0 Å². The smallest absolute Gasteiger partial charge is 0.270 e. The number of carbonyl (C=O) groups excluding carboxylic acids is 1. The van der Waals surface area contributed by atoms with Crippen molar-refractivity contribution in [1.29, 1.82) is 0 Å². The molecule has 0 bridgehead atoms. The van der Waals surface area contributed by atoms with E-state index in [1.807, 2.05) is 55.5 Å². The normalized spacial score (nSPS) is 13.0. The van der Waals surface area contributed by atoms with Crippen molar-refractivity contribution in [1.82, 2.24) is 10.3 Å². The minimum absolute atomic E-state index is 0.0797. The average Bonchev–Trinajstić information content (AvgIpc) is 2.69. The van der Waals surface area contributed by atoms with Crippen LogP contribution in [0.1, 0.15) is 34.5 Å². The van der Waals surface area contributed by atoms with E-state index < -0.39 is 0 Å². The first kappa shape index (κ1) is 19.4. The van der Waals surface area contributed by atoms with E-state index in [2.05, 4.69) is 10.3 Å². The molecule has 1 heterocycles. The summed E-state index contributed by atoms with van der Waals surface area (Å²) in [6, 6.07) is 20.7. The number of carbonyl (C=O) groups is 1. The average molecular weight is 399 g/mol. The van der Waals surface area contributed by atoms with Gasteiger partial charge in [0.05, 0.1) is 0 Å². The van der Waals surface area contributed by atoms with E-state index in [0.717, 1.165) is 17.5 Å². The Morgan fingerprint density at radius 2 is 1.59 bits per heavy atom. The zero-order valence-corrected chi connectivity index (χ0v) is 16.4. The summed E-state index contributed by atoms with van der Waals surface area (Å²) < 4.78 is 0. The van der Waals surface area contributed by atoms with Crippen LogP contribution in [0.5, 0.6) is 0 Å². The molecule has 2 unspecified atom stereocenters. The zero-order valence-electron chi connectivity index (χ0n) is 14.9. The maximum absolute atomic E-state index is 12.5. The van der Waals surface area contributed by atoms with Gasteiger partial charge in [0.1, 0.15) is 5.69 Å². The van der Waals surface area contributed by atoms with E-state index in [0.29, 0.717) is 15.7 Å². The van der Waals surface area contributed by atoms with Gasteiger partial charge in [0, 0.05) is 28.2 Å². The number of nitrogens with zero attached hydrogens (tertiary/aromatic N) is 1. The molecule has 0 fully saturated rings. The lowest BCUT2D eigenvalue weighted by Crippen LogP contribution is -2.38. The molecule has 1 amide bonds. The summed E-state index contributed by atoms with van der Waals surface area (Å²) in [6.07, 6.45) is 2.38. The number of hydrogen-bond donors (Lipinski definition) is 1. The first-order valence-corrected chi connectivity index (χ1v) is 9.50. The van der Waals surface area contributed by atoms with Gasteiger partial charge in [-0.1, -0.05) is 53.5 Å². The first-order valence-electron chi connectivity index (χ1n) is 8.75. The van der Waals surface area contributed by atoms with Crippen molar-refractivity contribution in [3.63, 3.8) is 0 Å². The molecule has 0 radical (unpaired) electrons. The minimum atomic E-state index is -0.182. The van der Waals surface area contributed by atoms with Crippen LogP contribution in [0.3, 0.4) is 0 Å². The van der Waals surface area contributed by atoms with E-state index in [-0.39, 0.29) is 17.9 Å². The highest BCUT2D eigenvalue weighted by Crippen LogP contribution is 2.27. The lowest BCUT2D eigenvalue weighted by atomic mass is 9.86. The van der Waals surface area contributed by atoms with Crippen molar-refractivity contribution < 1.29 is 4.79 Å². The molecule has 0 aliphatic carbocycles. The number of halogens is 2. The molecule has 0 saturated carbocycles. The van der Waals surface area contributed by atoms with Crippen LogP contribution in [0.4, 0.5) is 0 Å². The maximum Gasteiger partial charge on any atom is 0.270 e. The van der Waals surface area contributed by atoms with Crippen molar-refractivity contribution in [3.8, 4) is 0 Å². The second-order valence-corrected chi connectivity index (χ2v) is 7.34. The Morgan fingerprint density at radius 3 is 2.19 bits per heavy atom. The molecule has 3 aromatic rings. The molecule has 3 nitrogen and oxygen atoms in total. The van der Waals surface area contributed by atoms with Crippen LogP contribution in [-0.2, 0) is 6.42 Å². The molecule has 0 spiro atoms. The SMILES string of the molecule is CC(NC(=O)c1ccccn1)C(Cc1ccc(Cl)cc1)c1ccc(Cl)cc1.